The Kier molecular flexibility index (Phi) is 15.1. The zero-order chi connectivity index (χ0) is 46.1. The Morgan fingerprint density at radius 3 is 1.35 bits per heavy atom. The number of carbonyl (C=O) groups excluding carboxylic acids is 4. The van der Waals surface area contributed by atoms with Crippen molar-refractivity contribution in [3.05, 3.63) is 36.8 Å². The Balaban J connectivity index is 0.000000178. The van der Waals surface area contributed by atoms with Gasteiger partial charge in [-0.05, 0) is 67.5 Å². The highest BCUT2D eigenvalue weighted by Crippen LogP contribution is 2.45. The van der Waals surface area contributed by atoms with Gasteiger partial charge in [0.15, 0.2) is 47.9 Å². The predicted molar refractivity (Wildman–Crippen MR) is 208 cm³/mol. The molecule has 344 valence electrons. The maximum absolute atomic E-state index is 11.5. The first-order valence-electron chi connectivity index (χ1n) is 20.0. The van der Waals surface area contributed by atoms with E-state index in [1.807, 2.05) is 55.4 Å². The van der Waals surface area contributed by atoms with Crippen LogP contribution in [0.1, 0.15) is 83.1 Å². The summed E-state index contributed by atoms with van der Waals surface area (Å²) in [5.74, 6) is -2.96. The number of carbonyl (C=O) groups is 4. The lowest BCUT2D eigenvalue weighted by Crippen LogP contribution is -2.61. The summed E-state index contributed by atoms with van der Waals surface area (Å²) in [5.41, 5.74) is 5.21. The zero-order valence-corrected chi connectivity index (χ0v) is 37.1. The van der Waals surface area contributed by atoms with Crippen LogP contribution >= 0.6 is 0 Å². The summed E-state index contributed by atoms with van der Waals surface area (Å²) in [6.07, 6.45) is -0.931. The SMILES string of the molecule is C#CC1OC2OC(C)(C)O[C@H]2C2OC(C)(C)O[C@H]12.C=C=CC1OC2OC(C)(C)O[C@H]2C2OC(C)(C)O[C@H]12.C=C=C[C@@H]1OC(OC(C)=O)[C@@H](OC(C)=O)[C@H](OC(C)=O)[C@@H]1OC(C)=O. The summed E-state index contributed by atoms with van der Waals surface area (Å²) in [4.78, 5) is 45.6. The molecule has 15 atom stereocenters. The first kappa shape index (κ1) is 49.1. The quantitative estimate of drug-likeness (QED) is 0.163. The number of ether oxygens (including phenoxy) is 15. The summed E-state index contributed by atoms with van der Waals surface area (Å²) >= 11 is 0. The molecule has 7 saturated heterocycles. The van der Waals surface area contributed by atoms with Gasteiger partial charge in [0.2, 0.25) is 12.4 Å². The molecule has 0 saturated carbocycles. The van der Waals surface area contributed by atoms with Gasteiger partial charge >= 0.3 is 23.9 Å². The lowest BCUT2D eigenvalue weighted by Gasteiger charge is -2.42. The van der Waals surface area contributed by atoms with Gasteiger partial charge in [-0.3, -0.25) is 19.2 Å². The van der Waals surface area contributed by atoms with E-state index in [0.717, 1.165) is 27.7 Å². The molecule has 0 spiro atoms. The van der Waals surface area contributed by atoms with Crippen LogP contribution in [0.5, 0.6) is 0 Å². The van der Waals surface area contributed by atoms with Crippen LogP contribution in [0.15, 0.2) is 36.8 Å². The van der Waals surface area contributed by atoms with E-state index in [0.29, 0.717) is 0 Å². The van der Waals surface area contributed by atoms with Crippen molar-refractivity contribution in [2.45, 2.75) is 198 Å². The summed E-state index contributed by atoms with van der Waals surface area (Å²) in [5, 5.41) is 0. The van der Waals surface area contributed by atoms with Crippen LogP contribution in [0.4, 0.5) is 0 Å². The maximum Gasteiger partial charge on any atom is 0.305 e. The molecule has 0 N–H and O–H groups in total. The molecule has 62 heavy (non-hydrogen) atoms. The lowest BCUT2D eigenvalue weighted by molar-refractivity contribution is -0.287. The third-order valence-electron chi connectivity index (χ3n) is 9.79. The third-order valence-corrected chi connectivity index (χ3v) is 9.79. The lowest BCUT2D eigenvalue weighted by atomic mass is 9.97. The average Bonchev–Trinajstić information content (AvgIpc) is 3.84. The van der Waals surface area contributed by atoms with Gasteiger partial charge < -0.3 is 71.1 Å². The normalized spacial score (nSPS) is 39.5. The molecule has 7 rings (SSSR count). The van der Waals surface area contributed by atoms with Crippen LogP contribution < -0.4 is 0 Å². The highest BCUT2D eigenvalue weighted by atomic mass is 16.9. The molecule has 0 bridgehead atoms. The van der Waals surface area contributed by atoms with E-state index >= 15 is 0 Å². The molecule has 19 heteroatoms. The molecular weight excluding hydrogens is 820 g/mol. The summed E-state index contributed by atoms with van der Waals surface area (Å²) < 4.78 is 84.3. The minimum Gasteiger partial charge on any atom is -0.455 e. The number of rotatable bonds is 6. The standard InChI is InChI=1S/C16H20O9.C14H20O5.C13H18O5/c1-6-7-12-13(21-8(2)17)14(22-9(3)18)15(23-10(4)19)16(25-12)24-11(5)20;1-6-7-8-9-10(17-13(2,3)16-9)11-12(15-8)19-14(4,5)18-11;1-6-7-8-9(16-12(2,3)15-8)10-11(14-7)18-13(4,5)17-10/h7,12-16H,1H2,2-5H3;7-12H,1H2,2-5H3;1,7-11H,2-5H3/t12-,13+,14+,15-,16?;8?,9-,10?,11+,12?;7?,8-,9?,10+,11?/m011/s1. The van der Waals surface area contributed by atoms with Gasteiger partial charge in [0, 0.05) is 27.7 Å². The van der Waals surface area contributed by atoms with Crippen LogP contribution in [-0.2, 0) is 90.2 Å². The van der Waals surface area contributed by atoms with E-state index in [1.165, 1.54) is 6.08 Å². The van der Waals surface area contributed by atoms with Crippen molar-refractivity contribution in [2.75, 3.05) is 0 Å². The Bertz CT molecular complexity index is 1820. The largest absolute Gasteiger partial charge is 0.455 e. The second-order valence-corrected chi connectivity index (χ2v) is 16.9. The number of terminal acetylenes is 1. The van der Waals surface area contributed by atoms with Gasteiger partial charge in [-0.25, -0.2) is 0 Å². The fraction of sp³-hybridized carbons (Fsp3) is 0.721. The zero-order valence-electron chi connectivity index (χ0n) is 37.1. The van der Waals surface area contributed by atoms with Crippen LogP contribution in [0.2, 0.25) is 0 Å². The van der Waals surface area contributed by atoms with E-state index in [2.05, 4.69) is 30.5 Å². The molecule has 0 aromatic rings. The second kappa shape index (κ2) is 19.0. The maximum atomic E-state index is 11.5. The van der Waals surface area contributed by atoms with Gasteiger partial charge in [-0.15, -0.1) is 17.9 Å². The van der Waals surface area contributed by atoms with Crippen molar-refractivity contribution >= 4 is 23.9 Å². The average molecular weight is 879 g/mol. The van der Waals surface area contributed by atoms with Gasteiger partial charge in [0.25, 0.3) is 0 Å². The smallest absolute Gasteiger partial charge is 0.305 e. The fourth-order valence-corrected chi connectivity index (χ4v) is 7.95. The highest BCUT2D eigenvalue weighted by Gasteiger charge is 2.62. The first-order valence-corrected chi connectivity index (χ1v) is 20.0. The van der Waals surface area contributed by atoms with Crippen molar-refractivity contribution in [3.8, 4) is 12.3 Å². The van der Waals surface area contributed by atoms with Crippen molar-refractivity contribution in [3.63, 3.8) is 0 Å². The molecule has 7 aliphatic rings. The highest BCUT2D eigenvalue weighted by molar-refractivity contribution is 5.69. The molecule has 19 nitrogen and oxygen atoms in total. The molecule has 0 aromatic heterocycles. The topological polar surface area (TPSA) is 207 Å². The molecular formula is C43H58O19. The van der Waals surface area contributed by atoms with E-state index in [9.17, 15) is 19.2 Å². The Hall–Kier alpha value is -3.96. The van der Waals surface area contributed by atoms with Crippen LogP contribution in [0.25, 0.3) is 0 Å². The number of esters is 4. The molecule has 0 aliphatic carbocycles. The minimum absolute atomic E-state index is 0.217. The number of hydrogen-bond donors (Lipinski definition) is 0. The Labute approximate surface area is 361 Å². The van der Waals surface area contributed by atoms with E-state index in [4.69, 9.17) is 77.5 Å². The van der Waals surface area contributed by atoms with Crippen LogP contribution in [0.3, 0.4) is 0 Å². The molecule has 7 fully saturated rings. The second-order valence-electron chi connectivity index (χ2n) is 16.9. The van der Waals surface area contributed by atoms with Crippen molar-refractivity contribution in [1.29, 1.82) is 0 Å². The Morgan fingerprint density at radius 2 is 0.871 bits per heavy atom. The van der Waals surface area contributed by atoms with Crippen molar-refractivity contribution in [1.82, 2.24) is 0 Å². The first-order chi connectivity index (χ1) is 28.8. The third kappa shape index (κ3) is 11.8. The van der Waals surface area contributed by atoms with Crippen LogP contribution in [-0.4, -0.2) is 139 Å². The van der Waals surface area contributed by atoms with Crippen molar-refractivity contribution < 1.29 is 90.2 Å². The fourth-order valence-electron chi connectivity index (χ4n) is 7.95. The van der Waals surface area contributed by atoms with Crippen LogP contribution in [0, 0.1) is 12.3 Å². The van der Waals surface area contributed by atoms with E-state index in [-0.39, 0.29) is 42.7 Å². The van der Waals surface area contributed by atoms with Gasteiger partial charge in [0.1, 0.15) is 54.9 Å². The molecule has 0 amide bonds. The minimum atomic E-state index is -1.38. The monoisotopic (exact) mass is 878 g/mol. The number of hydrogen-bond acceptors (Lipinski definition) is 19. The van der Waals surface area contributed by atoms with E-state index in [1.54, 1.807) is 6.08 Å². The summed E-state index contributed by atoms with van der Waals surface area (Å²) in [6, 6.07) is 0. The van der Waals surface area contributed by atoms with Crippen molar-refractivity contribution in [2.24, 2.45) is 0 Å². The summed E-state index contributed by atoms with van der Waals surface area (Å²) in [6.45, 7) is 26.4. The molecule has 7 unspecified atom stereocenters. The Morgan fingerprint density at radius 1 is 0.484 bits per heavy atom. The molecule has 7 heterocycles. The van der Waals surface area contributed by atoms with E-state index < -0.39 is 96.4 Å². The molecule has 0 aromatic carbocycles. The molecule has 0 radical (unpaired) electrons. The number of fused-ring (bicyclic) bond motifs is 6. The van der Waals surface area contributed by atoms with Gasteiger partial charge in [-0.2, -0.15) is 0 Å². The summed E-state index contributed by atoms with van der Waals surface area (Å²) in [7, 11) is 0. The molecule has 7 aliphatic heterocycles. The predicted octanol–water partition coefficient (Wildman–Crippen LogP) is 3.15. The van der Waals surface area contributed by atoms with Gasteiger partial charge in [0.05, 0.1) is 0 Å². The van der Waals surface area contributed by atoms with Gasteiger partial charge in [-0.1, -0.05) is 19.1 Å².